The Labute approximate surface area is 158 Å². The summed E-state index contributed by atoms with van der Waals surface area (Å²) < 4.78 is 10.3. The Morgan fingerprint density at radius 1 is 1.33 bits per heavy atom. The third kappa shape index (κ3) is 7.25. The van der Waals surface area contributed by atoms with Crippen LogP contribution < -0.4 is 22.3 Å². The van der Waals surface area contributed by atoms with Gasteiger partial charge in [0.15, 0.2) is 5.71 Å². The molecule has 8 heteroatoms. The van der Waals surface area contributed by atoms with Crippen LogP contribution in [0.3, 0.4) is 0 Å². The number of hydrogen-bond acceptors (Lipinski definition) is 5. The number of hydrogen-bond donors (Lipinski definition) is 1. The molecule has 1 amide bonds. The highest BCUT2D eigenvalue weighted by Gasteiger charge is 2.37. The molecule has 1 aliphatic rings. The number of alkyl carbamates (subject to hydrolysis) is 1. The van der Waals surface area contributed by atoms with Crippen molar-refractivity contribution in [1.29, 1.82) is 0 Å². The van der Waals surface area contributed by atoms with Gasteiger partial charge in [0.05, 0.1) is 6.61 Å². The van der Waals surface area contributed by atoms with Crippen molar-refractivity contribution in [2.75, 3.05) is 12.4 Å². The second kappa shape index (κ2) is 10.1. The van der Waals surface area contributed by atoms with E-state index in [0.717, 1.165) is 11.4 Å². The number of nitrogens with zero attached hydrogens (tertiary/aromatic N) is 1. The lowest BCUT2D eigenvalue weighted by atomic mass is 9.99. The Kier molecular flexibility index (Phi) is 9.65. The van der Waals surface area contributed by atoms with Gasteiger partial charge in [-0.2, -0.15) is 4.99 Å². The molecule has 2 atom stereocenters. The minimum atomic E-state index is -0.559. The zero-order valence-electron chi connectivity index (χ0n) is 15.1. The lowest BCUT2D eigenvalue weighted by Gasteiger charge is -2.24. The molecule has 1 aliphatic heterocycles. The van der Waals surface area contributed by atoms with E-state index in [1.807, 2.05) is 34.6 Å². The van der Waals surface area contributed by atoms with Crippen molar-refractivity contribution in [2.24, 2.45) is 10.9 Å². The van der Waals surface area contributed by atoms with Crippen LogP contribution in [0.1, 0.15) is 48.0 Å². The first kappa shape index (κ1) is 23.0. The third-order valence-corrected chi connectivity index (χ3v) is 4.32. The fourth-order valence-corrected chi connectivity index (χ4v) is 3.05. The zero-order chi connectivity index (χ0) is 17.6. The van der Waals surface area contributed by atoms with E-state index in [4.69, 9.17) is 9.47 Å². The third-order valence-electron chi connectivity index (χ3n) is 3.26. The summed E-state index contributed by atoms with van der Waals surface area (Å²) in [6.45, 7) is 11.6. The Balaban J connectivity index is 0.00000529. The number of halogens is 1. The standard InChI is InChI=1S/C16H26N2O4S.BrH/c1-7-10(3)12(18-15(20)22-16(4,5)6)13-17-11(9-23-13)14(19)21-8-2;/h10,12H,7-9H2,1-6H3;1H/t10-,12-;/m0./s1. The zero-order valence-corrected chi connectivity index (χ0v) is 17.5. The van der Waals surface area contributed by atoms with Gasteiger partial charge >= 0.3 is 17.1 Å². The van der Waals surface area contributed by atoms with Gasteiger partial charge < -0.3 is 31.8 Å². The molecule has 0 saturated heterocycles. The predicted octanol–water partition coefficient (Wildman–Crippen LogP) is -0.840. The number of amides is 1. The van der Waals surface area contributed by atoms with Gasteiger partial charge in [0.1, 0.15) is 11.6 Å². The topological polar surface area (TPSA) is 77.0 Å². The number of nitrogens with one attached hydrogen (secondary N) is 1. The van der Waals surface area contributed by atoms with Crippen LogP contribution in [-0.2, 0) is 25.6 Å². The maximum atomic E-state index is 12.1. The fraction of sp³-hybridized carbons (Fsp3) is 0.750. The molecule has 0 fully saturated rings. The van der Waals surface area contributed by atoms with Crippen molar-refractivity contribution in [1.82, 2.24) is 5.32 Å². The van der Waals surface area contributed by atoms with Crippen LogP contribution in [0.2, 0.25) is 0 Å². The number of carbonyl (C=O) groups excluding carboxylic acids is 2. The van der Waals surface area contributed by atoms with Gasteiger partial charge in [-0.1, -0.05) is 20.3 Å². The van der Waals surface area contributed by atoms with Crippen molar-refractivity contribution in [3.63, 3.8) is 0 Å². The minimum Gasteiger partial charge on any atom is -1.00 e. The summed E-state index contributed by atoms with van der Waals surface area (Å²) in [5, 5.41) is 2.88. The number of carbonyl (C=O) groups is 2. The fourth-order valence-electron chi connectivity index (χ4n) is 1.94. The van der Waals surface area contributed by atoms with E-state index in [1.54, 1.807) is 6.92 Å². The van der Waals surface area contributed by atoms with Crippen molar-refractivity contribution >= 4 is 34.1 Å². The van der Waals surface area contributed by atoms with Crippen LogP contribution in [0, 0.1) is 5.92 Å². The van der Waals surface area contributed by atoms with Crippen molar-refractivity contribution < 1.29 is 36.0 Å². The summed E-state index contributed by atoms with van der Waals surface area (Å²) in [5.41, 5.74) is -0.164. The van der Waals surface area contributed by atoms with E-state index in [9.17, 15) is 9.59 Å². The SMILES string of the molecule is CCOC(=O)C1=NC([C@@H](NC(=O)OC(C)(C)C)[C@@H](C)CC)=[S+]C1.[Br-]. The number of esters is 1. The normalized spacial score (nSPS) is 16.2. The average Bonchev–Trinajstić information content (AvgIpc) is 2.92. The van der Waals surface area contributed by atoms with Crippen LogP contribution in [0.25, 0.3) is 0 Å². The van der Waals surface area contributed by atoms with E-state index in [0.29, 0.717) is 18.1 Å². The van der Waals surface area contributed by atoms with Crippen LogP contribution >= 0.6 is 0 Å². The summed E-state index contributed by atoms with van der Waals surface area (Å²) in [5.74, 6) is 0.252. The summed E-state index contributed by atoms with van der Waals surface area (Å²) >= 11 is 1.46. The number of ether oxygens (including phenoxy) is 2. The maximum absolute atomic E-state index is 12.1. The largest absolute Gasteiger partial charge is 1.00 e. The van der Waals surface area contributed by atoms with Crippen molar-refractivity contribution in [3.8, 4) is 0 Å². The Hall–Kier alpha value is -1.02. The van der Waals surface area contributed by atoms with Crippen LogP contribution in [0.5, 0.6) is 0 Å². The van der Waals surface area contributed by atoms with Gasteiger partial charge in [-0.25, -0.2) is 9.59 Å². The van der Waals surface area contributed by atoms with Gasteiger partial charge in [0.2, 0.25) is 17.1 Å². The Morgan fingerprint density at radius 3 is 2.46 bits per heavy atom. The summed E-state index contributed by atoms with van der Waals surface area (Å²) in [4.78, 5) is 28.9. The molecule has 0 aromatic carbocycles. The minimum absolute atomic E-state index is 0. The molecule has 6 nitrogen and oxygen atoms in total. The van der Waals surface area contributed by atoms with Gasteiger partial charge in [0.25, 0.3) is 0 Å². The molecule has 0 aromatic heterocycles. The number of aliphatic imine (C=N–C) groups is 1. The molecule has 1 N–H and O–H groups in total. The van der Waals surface area contributed by atoms with E-state index >= 15 is 0 Å². The van der Waals surface area contributed by atoms with E-state index in [1.165, 1.54) is 11.4 Å². The molecular formula is C16H27BrN2O4S. The Bertz CT molecular complexity index is 515. The van der Waals surface area contributed by atoms with Crippen molar-refractivity contribution in [2.45, 2.75) is 59.6 Å². The van der Waals surface area contributed by atoms with E-state index in [2.05, 4.69) is 10.3 Å². The van der Waals surface area contributed by atoms with Crippen LogP contribution in [0.15, 0.2) is 4.99 Å². The van der Waals surface area contributed by atoms with E-state index in [-0.39, 0.29) is 28.9 Å². The molecule has 1 heterocycles. The molecule has 0 aromatic rings. The lowest BCUT2D eigenvalue weighted by molar-refractivity contribution is -0.135. The second-order valence-electron chi connectivity index (χ2n) is 6.42. The first-order chi connectivity index (χ1) is 10.7. The summed E-state index contributed by atoms with van der Waals surface area (Å²) in [6.07, 6.45) is 0.394. The monoisotopic (exact) mass is 422 g/mol. The van der Waals surface area contributed by atoms with Gasteiger partial charge in [-0.05, 0) is 33.6 Å². The molecule has 0 bridgehead atoms. The quantitative estimate of drug-likeness (QED) is 0.344. The summed E-state index contributed by atoms with van der Waals surface area (Å²) in [6, 6.07) is -0.272. The second-order valence-corrected chi connectivity index (χ2v) is 7.41. The first-order valence-corrected chi connectivity index (χ1v) is 8.90. The lowest BCUT2D eigenvalue weighted by Crippen LogP contribution is -3.00. The first-order valence-electron chi connectivity index (χ1n) is 7.91. The highest BCUT2D eigenvalue weighted by molar-refractivity contribution is 7.80. The van der Waals surface area contributed by atoms with Crippen LogP contribution in [0.4, 0.5) is 4.79 Å². The molecule has 24 heavy (non-hydrogen) atoms. The Morgan fingerprint density at radius 2 is 1.96 bits per heavy atom. The van der Waals surface area contributed by atoms with E-state index < -0.39 is 17.7 Å². The molecule has 0 radical (unpaired) electrons. The smallest absolute Gasteiger partial charge is 0.408 e. The predicted molar refractivity (Wildman–Crippen MR) is 93.9 cm³/mol. The molecule has 1 rings (SSSR count). The molecule has 0 unspecified atom stereocenters. The molecule has 0 aliphatic carbocycles. The molecule has 138 valence electrons. The highest BCUT2D eigenvalue weighted by atomic mass is 79.9. The molecule has 0 saturated carbocycles. The highest BCUT2D eigenvalue weighted by Crippen LogP contribution is 2.14. The van der Waals surface area contributed by atoms with Gasteiger partial charge in [-0.15, -0.1) is 0 Å². The van der Waals surface area contributed by atoms with Gasteiger partial charge in [-0.3, -0.25) is 0 Å². The van der Waals surface area contributed by atoms with Crippen LogP contribution in [-0.4, -0.2) is 46.8 Å². The average molecular weight is 423 g/mol. The molecule has 0 spiro atoms. The van der Waals surface area contributed by atoms with Crippen molar-refractivity contribution in [3.05, 3.63) is 0 Å². The molecular weight excluding hydrogens is 396 g/mol. The maximum Gasteiger partial charge on any atom is 0.408 e. The summed E-state index contributed by atoms with van der Waals surface area (Å²) in [7, 11) is 0. The number of rotatable bonds is 6. The van der Waals surface area contributed by atoms with Gasteiger partial charge in [0, 0.05) is 0 Å².